The van der Waals surface area contributed by atoms with E-state index in [2.05, 4.69) is 10.3 Å². The van der Waals surface area contributed by atoms with Crippen molar-refractivity contribution in [3.8, 4) is 0 Å². The molecule has 0 aromatic carbocycles. The topological polar surface area (TPSA) is 47.3 Å². The molecule has 4 heteroatoms. The lowest BCUT2D eigenvalue weighted by atomic mass is 10.1. The molecule has 2 unspecified atom stereocenters. The van der Waals surface area contributed by atoms with Crippen molar-refractivity contribution in [2.75, 3.05) is 20.3 Å². The number of nitrogens with one attached hydrogen (secondary N) is 1. The molecule has 0 saturated heterocycles. The number of aromatic nitrogens is 1. The number of rotatable bonds is 6. The Hall–Kier alpha value is -0.870. The Morgan fingerprint density at radius 2 is 2.29 bits per heavy atom. The first-order valence-corrected chi connectivity index (χ1v) is 6.54. The molecule has 2 aliphatic carbocycles. The van der Waals surface area contributed by atoms with Gasteiger partial charge in [-0.25, -0.2) is 4.98 Å². The second kappa shape index (κ2) is 4.78. The van der Waals surface area contributed by atoms with Gasteiger partial charge in [0, 0.05) is 19.6 Å². The standard InChI is InChI=1S/C13H20N2O2/c1-16-6-5-14-8-12-15-7-11(17-12)13-9-3-2-4-10(9)13/h7,9-10,13-14H,2-6,8H2,1H3. The predicted octanol–water partition coefficient (Wildman–Crippen LogP) is 1.92. The van der Waals surface area contributed by atoms with Crippen molar-refractivity contribution in [3.05, 3.63) is 17.8 Å². The van der Waals surface area contributed by atoms with Crippen molar-refractivity contribution < 1.29 is 9.15 Å². The fourth-order valence-electron chi connectivity index (χ4n) is 3.17. The van der Waals surface area contributed by atoms with Gasteiger partial charge in [-0.05, 0) is 24.7 Å². The second-order valence-corrected chi connectivity index (χ2v) is 5.11. The lowest BCUT2D eigenvalue weighted by Gasteiger charge is -2.00. The Labute approximate surface area is 102 Å². The van der Waals surface area contributed by atoms with Crippen molar-refractivity contribution in [1.29, 1.82) is 0 Å². The Kier molecular flexibility index (Phi) is 3.16. The summed E-state index contributed by atoms with van der Waals surface area (Å²) in [5, 5.41) is 3.24. The Morgan fingerprint density at radius 3 is 3.06 bits per heavy atom. The summed E-state index contributed by atoms with van der Waals surface area (Å²) in [6.45, 7) is 2.26. The normalized spacial score (nSPS) is 30.5. The molecule has 0 aliphatic heterocycles. The number of ether oxygens (including phenoxy) is 1. The molecule has 3 rings (SSSR count). The maximum absolute atomic E-state index is 5.81. The van der Waals surface area contributed by atoms with Crippen molar-refractivity contribution in [2.24, 2.45) is 11.8 Å². The highest BCUT2D eigenvalue weighted by atomic mass is 16.5. The minimum Gasteiger partial charge on any atom is -0.444 e. The monoisotopic (exact) mass is 236 g/mol. The van der Waals surface area contributed by atoms with Crippen LogP contribution in [0, 0.1) is 11.8 Å². The summed E-state index contributed by atoms with van der Waals surface area (Å²) >= 11 is 0. The number of hydrogen-bond donors (Lipinski definition) is 1. The number of hydrogen-bond acceptors (Lipinski definition) is 4. The van der Waals surface area contributed by atoms with Gasteiger partial charge in [0.25, 0.3) is 0 Å². The minimum absolute atomic E-state index is 0.684. The molecule has 0 bridgehead atoms. The third kappa shape index (κ3) is 2.24. The van der Waals surface area contributed by atoms with E-state index in [9.17, 15) is 0 Å². The third-order valence-electron chi connectivity index (χ3n) is 4.07. The molecule has 0 amide bonds. The molecule has 0 radical (unpaired) electrons. The molecule has 0 spiro atoms. The minimum atomic E-state index is 0.684. The van der Waals surface area contributed by atoms with Crippen LogP contribution in [0.15, 0.2) is 10.6 Å². The third-order valence-corrected chi connectivity index (χ3v) is 4.07. The molecule has 2 saturated carbocycles. The maximum Gasteiger partial charge on any atom is 0.208 e. The van der Waals surface area contributed by atoms with Gasteiger partial charge in [0.1, 0.15) is 5.76 Å². The van der Waals surface area contributed by atoms with Crippen LogP contribution in [0.3, 0.4) is 0 Å². The van der Waals surface area contributed by atoms with E-state index in [1.54, 1.807) is 7.11 Å². The van der Waals surface area contributed by atoms with Crippen LogP contribution in [0.5, 0.6) is 0 Å². The van der Waals surface area contributed by atoms with Gasteiger partial charge in [-0.15, -0.1) is 0 Å². The van der Waals surface area contributed by atoms with Crippen LogP contribution in [0.1, 0.15) is 36.8 Å². The second-order valence-electron chi connectivity index (χ2n) is 5.11. The molecule has 4 nitrogen and oxygen atoms in total. The van der Waals surface area contributed by atoms with Gasteiger partial charge in [-0.3, -0.25) is 0 Å². The van der Waals surface area contributed by atoms with E-state index in [0.717, 1.165) is 36.6 Å². The molecule has 2 fully saturated rings. The molecule has 17 heavy (non-hydrogen) atoms. The first-order chi connectivity index (χ1) is 8.40. The number of nitrogens with zero attached hydrogens (tertiary/aromatic N) is 1. The Bertz CT molecular complexity index is 367. The van der Waals surface area contributed by atoms with E-state index in [1.165, 1.54) is 19.3 Å². The van der Waals surface area contributed by atoms with Crippen molar-refractivity contribution in [1.82, 2.24) is 10.3 Å². The fraction of sp³-hybridized carbons (Fsp3) is 0.769. The summed E-state index contributed by atoms with van der Waals surface area (Å²) in [7, 11) is 1.71. The highest BCUT2D eigenvalue weighted by Crippen LogP contribution is 2.63. The van der Waals surface area contributed by atoms with E-state index < -0.39 is 0 Å². The number of oxazole rings is 1. The molecule has 2 atom stereocenters. The summed E-state index contributed by atoms with van der Waals surface area (Å²) in [5.74, 6) is 4.41. The smallest absolute Gasteiger partial charge is 0.208 e. The van der Waals surface area contributed by atoms with Crippen molar-refractivity contribution in [3.63, 3.8) is 0 Å². The first kappa shape index (κ1) is 11.2. The first-order valence-electron chi connectivity index (χ1n) is 6.54. The largest absolute Gasteiger partial charge is 0.444 e. The van der Waals surface area contributed by atoms with Gasteiger partial charge in [0.05, 0.1) is 19.3 Å². The molecule has 1 heterocycles. The molecule has 1 N–H and O–H groups in total. The summed E-state index contributed by atoms with van der Waals surface area (Å²) in [4.78, 5) is 4.33. The van der Waals surface area contributed by atoms with Gasteiger partial charge < -0.3 is 14.5 Å². The van der Waals surface area contributed by atoms with Gasteiger partial charge in [-0.2, -0.15) is 0 Å². The van der Waals surface area contributed by atoms with Crippen molar-refractivity contribution in [2.45, 2.75) is 31.7 Å². The van der Waals surface area contributed by atoms with Crippen LogP contribution in [0.25, 0.3) is 0 Å². The average Bonchev–Trinajstić information content (AvgIpc) is 2.77. The SMILES string of the molecule is COCCNCc1ncc(C2C3CCCC32)o1. The molecule has 94 valence electrons. The zero-order valence-corrected chi connectivity index (χ0v) is 10.3. The summed E-state index contributed by atoms with van der Waals surface area (Å²) in [5.41, 5.74) is 0. The van der Waals surface area contributed by atoms with Crippen LogP contribution < -0.4 is 5.32 Å². The van der Waals surface area contributed by atoms with E-state index in [1.807, 2.05) is 6.20 Å². The summed E-state index contributed by atoms with van der Waals surface area (Å²) < 4.78 is 10.8. The van der Waals surface area contributed by atoms with E-state index in [-0.39, 0.29) is 0 Å². The molecule has 1 aromatic heterocycles. The summed E-state index contributed by atoms with van der Waals surface area (Å²) in [6, 6.07) is 0. The lowest BCUT2D eigenvalue weighted by Crippen LogP contribution is -2.18. The summed E-state index contributed by atoms with van der Waals surface area (Å²) in [6.07, 6.45) is 6.11. The highest BCUT2D eigenvalue weighted by molar-refractivity contribution is 5.19. The zero-order chi connectivity index (χ0) is 11.7. The Morgan fingerprint density at radius 1 is 1.47 bits per heavy atom. The lowest BCUT2D eigenvalue weighted by molar-refractivity contribution is 0.198. The average molecular weight is 236 g/mol. The maximum atomic E-state index is 5.81. The van der Waals surface area contributed by atoms with Crippen LogP contribution in [0.4, 0.5) is 0 Å². The quantitative estimate of drug-likeness (QED) is 0.767. The van der Waals surface area contributed by atoms with Crippen LogP contribution in [-0.4, -0.2) is 25.2 Å². The van der Waals surface area contributed by atoms with E-state index in [0.29, 0.717) is 12.5 Å². The molecule has 1 aromatic rings. The number of methoxy groups -OCH3 is 1. The van der Waals surface area contributed by atoms with Gasteiger partial charge >= 0.3 is 0 Å². The molecule has 2 aliphatic rings. The zero-order valence-electron chi connectivity index (χ0n) is 10.3. The fourth-order valence-corrected chi connectivity index (χ4v) is 3.17. The number of fused-ring (bicyclic) bond motifs is 1. The highest BCUT2D eigenvalue weighted by Gasteiger charge is 2.54. The van der Waals surface area contributed by atoms with Gasteiger partial charge in [0.2, 0.25) is 5.89 Å². The van der Waals surface area contributed by atoms with Crippen LogP contribution in [0.2, 0.25) is 0 Å². The van der Waals surface area contributed by atoms with Crippen LogP contribution >= 0.6 is 0 Å². The van der Waals surface area contributed by atoms with Crippen LogP contribution in [-0.2, 0) is 11.3 Å². The van der Waals surface area contributed by atoms with E-state index in [4.69, 9.17) is 9.15 Å². The van der Waals surface area contributed by atoms with Crippen molar-refractivity contribution >= 4 is 0 Å². The predicted molar refractivity (Wildman–Crippen MR) is 63.7 cm³/mol. The van der Waals surface area contributed by atoms with Gasteiger partial charge in [-0.1, -0.05) is 6.42 Å². The van der Waals surface area contributed by atoms with E-state index >= 15 is 0 Å². The molecular formula is C13H20N2O2. The Balaban J connectivity index is 1.49. The van der Waals surface area contributed by atoms with Gasteiger partial charge in [0.15, 0.2) is 0 Å². The molecular weight excluding hydrogens is 216 g/mol.